The van der Waals surface area contributed by atoms with E-state index in [1.165, 1.54) is 0 Å². The third-order valence-electron chi connectivity index (χ3n) is 4.70. The van der Waals surface area contributed by atoms with Gasteiger partial charge in [0.05, 0.1) is 5.41 Å². The van der Waals surface area contributed by atoms with E-state index in [9.17, 15) is 14.7 Å². The lowest BCUT2D eigenvalue weighted by molar-refractivity contribution is -0.146. The molecule has 1 aliphatic heterocycles. The van der Waals surface area contributed by atoms with Gasteiger partial charge in [0.15, 0.2) is 0 Å². The van der Waals surface area contributed by atoms with Crippen LogP contribution >= 0.6 is 11.8 Å². The maximum Gasteiger partial charge on any atom is 0.321 e. The van der Waals surface area contributed by atoms with Crippen LogP contribution in [0.5, 0.6) is 0 Å². The fourth-order valence-corrected chi connectivity index (χ4v) is 3.90. The van der Waals surface area contributed by atoms with Gasteiger partial charge >= 0.3 is 12.0 Å². The van der Waals surface area contributed by atoms with Gasteiger partial charge in [0.25, 0.3) is 0 Å². The number of carbonyl (C=O) groups is 2. The number of anilines is 1. The van der Waals surface area contributed by atoms with Gasteiger partial charge in [-0.3, -0.25) is 4.79 Å². The minimum atomic E-state index is -0.859. The molecule has 1 atom stereocenters. The molecule has 0 saturated carbocycles. The Kier molecular flexibility index (Phi) is 5.23. The lowest BCUT2D eigenvalue weighted by Gasteiger charge is -2.21. The molecule has 136 valence electrons. The summed E-state index contributed by atoms with van der Waals surface area (Å²) in [5, 5.41) is 12.2. The van der Waals surface area contributed by atoms with Gasteiger partial charge in [0.2, 0.25) is 0 Å². The predicted molar refractivity (Wildman–Crippen MR) is 103 cm³/mol. The Bertz CT molecular complexity index is 825. The number of aryl methyl sites for hydroxylation is 1. The second-order valence-corrected chi connectivity index (χ2v) is 8.01. The second-order valence-electron chi connectivity index (χ2n) is 6.86. The van der Waals surface area contributed by atoms with Crippen LogP contribution in [0.25, 0.3) is 0 Å². The van der Waals surface area contributed by atoms with Crippen LogP contribution < -0.4 is 5.32 Å². The zero-order valence-electron chi connectivity index (χ0n) is 14.9. The van der Waals surface area contributed by atoms with Gasteiger partial charge in [-0.2, -0.15) is 0 Å². The number of nitrogens with zero attached hydrogens (tertiary/aromatic N) is 1. The number of hydrogen-bond donors (Lipinski definition) is 2. The standard InChI is InChI=1S/C20H22N2O3S/c1-14-12-16(26-15-6-4-3-5-7-15)8-9-17(14)21-19(25)22-11-10-20(2,13-22)18(23)24/h3-9,12H,10-11,13H2,1-2H3,(H,21,25)(H,23,24). The zero-order chi connectivity index (χ0) is 18.7. The molecule has 0 bridgehead atoms. The molecule has 1 aliphatic rings. The number of urea groups is 1. The molecule has 1 saturated heterocycles. The number of nitrogens with one attached hydrogen (secondary N) is 1. The highest BCUT2D eigenvalue weighted by Gasteiger charge is 2.42. The van der Waals surface area contributed by atoms with Crippen molar-refractivity contribution in [3.63, 3.8) is 0 Å². The summed E-state index contributed by atoms with van der Waals surface area (Å²) < 4.78 is 0. The van der Waals surface area contributed by atoms with E-state index < -0.39 is 11.4 Å². The van der Waals surface area contributed by atoms with Crippen molar-refractivity contribution in [3.8, 4) is 0 Å². The van der Waals surface area contributed by atoms with Crippen LogP contribution in [0, 0.1) is 12.3 Å². The topological polar surface area (TPSA) is 69.6 Å². The third-order valence-corrected chi connectivity index (χ3v) is 5.69. The molecule has 6 heteroatoms. The maximum absolute atomic E-state index is 12.5. The van der Waals surface area contributed by atoms with Crippen molar-refractivity contribution in [2.24, 2.45) is 5.41 Å². The van der Waals surface area contributed by atoms with Crippen molar-refractivity contribution < 1.29 is 14.7 Å². The van der Waals surface area contributed by atoms with Crippen LogP contribution in [0.3, 0.4) is 0 Å². The van der Waals surface area contributed by atoms with Crippen LogP contribution in [-0.4, -0.2) is 35.1 Å². The van der Waals surface area contributed by atoms with Crippen molar-refractivity contribution in [3.05, 3.63) is 54.1 Å². The number of amides is 2. The molecular formula is C20H22N2O3S. The molecule has 5 nitrogen and oxygen atoms in total. The van der Waals surface area contributed by atoms with Gasteiger partial charge in [0.1, 0.15) is 0 Å². The molecule has 1 unspecified atom stereocenters. The number of benzene rings is 2. The molecule has 2 aromatic carbocycles. The molecule has 0 spiro atoms. The van der Waals surface area contributed by atoms with Crippen molar-refractivity contribution in [1.82, 2.24) is 4.90 Å². The highest BCUT2D eigenvalue weighted by Crippen LogP contribution is 2.32. The monoisotopic (exact) mass is 370 g/mol. The van der Waals surface area contributed by atoms with Gasteiger partial charge in [0, 0.05) is 28.6 Å². The summed E-state index contributed by atoms with van der Waals surface area (Å²) in [6.07, 6.45) is 0.474. The molecule has 1 fully saturated rings. The van der Waals surface area contributed by atoms with Crippen LogP contribution in [-0.2, 0) is 4.79 Å². The summed E-state index contributed by atoms with van der Waals surface area (Å²) in [5.41, 5.74) is 0.860. The summed E-state index contributed by atoms with van der Waals surface area (Å²) >= 11 is 1.67. The van der Waals surface area contributed by atoms with E-state index in [1.807, 2.05) is 43.3 Å². The molecule has 26 heavy (non-hydrogen) atoms. The zero-order valence-corrected chi connectivity index (χ0v) is 15.7. The second kappa shape index (κ2) is 7.41. The van der Waals surface area contributed by atoms with E-state index >= 15 is 0 Å². The average Bonchev–Trinajstić information content (AvgIpc) is 3.02. The van der Waals surface area contributed by atoms with Crippen LogP contribution in [0.2, 0.25) is 0 Å². The highest BCUT2D eigenvalue weighted by molar-refractivity contribution is 7.99. The van der Waals surface area contributed by atoms with Crippen molar-refractivity contribution in [2.45, 2.75) is 30.1 Å². The molecule has 3 rings (SSSR count). The molecule has 2 N–H and O–H groups in total. The van der Waals surface area contributed by atoms with E-state index in [0.29, 0.717) is 13.0 Å². The first kappa shape index (κ1) is 18.3. The van der Waals surface area contributed by atoms with E-state index in [1.54, 1.807) is 23.6 Å². The molecule has 0 aliphatic carbocycles. The molecule has 0 aromatic heterocycles. The first-order valence-electron chi connectivity index (χ1n) is 8.50. The van der Waals surface area contributed by atoms with Crippen molar-refractivity contribution in [1.29, 1.82) is 0 Å². The normalized spacial score (nSPS) is 19.4. The first-order valence-corrected chi connectivity index (χ1v) is 9.32. The summed E-state index contributed by atoms with van der Waals surface area (Å²) in [5.74, 6) is -0.855. The fourth-order valence-electron chi connectivity index (χ4n) is 2.97. The number of carboxylic acid groups (broad SMARTS) is 1. The minimum Gasteiger partial charge on any atom is -0.481 e. The number of likely N-dealkylation sites (tertiary alicyclic amines) is 1. The Hall–Kier alpha value is -2.47. The number of aliphatic carboxylic acids is 1. The third kappa shape index (κ3) is 4.02. The van der Waals surface area contributed by atoms with Gasteiger partial charge in [-0.15, -0.1) is 0 Å². The Morgan fingerprint density at radius 2 is 1.88 bits per heavy atom. The maximum atomic E-state index is 12.5. The lowest BCUT2D eigenvalue weighted by atomic mass is 9.90. The van der Waals surface area contributed by atoms with E-state index in [2.05, 4.69) is 17.4 Å². The highest BCUT2D eigenvalue weighted by atomic mass is 32.2. The summed E-state index contributed by atoms with van der Waals surface area (Å²) in [7, 11) is 0. The van der Waals surface area contributed by atoms with Crippen LogP contribution in [0.1, 0.15) is 18.9 Å². The summed E-state index contributed by atoms with van der Waals surface area (Å²) in [6, 6.07) is 15.8. The van der Waals surface area contributed by atoms with Gasteiger partial charge < -0.3 is 15.3 Å². The van der Waals surface area contributed by atoms with Gasteiger partial charge in [-0.05, 0) is 56.2 Å². The largest absolute Gasteiger partial charge is 0.481 e. The Morgan fingerprint density at radius 1 is 1.15 bits per heavy atom. The molecular weight excluding hydrogens is 348 g/mol. The van der Waals surface area contributed by atoms with Crippen LogP contribution in [0.4, 0.5) is 10.5 Å². The summed E-state index contributed by atoms with van der Waals surface area (Å²) in [4.78, 5) is 27.6. The van der Waals surface area contributed by atoms with E-state index in [-0.39, 0.29) is 12.6 Å². The van der Waals surface area contributed by atoms with Gasteiger partial charge in [-0.1, -0.05) is 30.0 Å². The molecule has 2 aromatic rings. The molecule has 0 radical (unpaired) electrons. The quantitative estimate of drug-likeness (QED) is 0.833. The molecule has 1 heterocycles. The number of carbonyl (C=O) groups excluding carboxylic acids is 1. The SMILES string of the molecule is Cc1cc(Sc2ccccc2)ccc1NC(=O)N1CCC(C)(C(=O)O)C1. The Balaban J connectivity index is 1.65. The summed E-state index contributed by atoms with van der Waals surface area (Å²) in [6.45, 7) is 4.32. The van der Waals surface area contributed by atoms with Crippen molar-refractivity contribution in [2.75, 3.05) is 18.4 Å². The van der Waals surface area contributed by atoms with Gasteiger partial charge in [-0.25, -0.2) is 4.79 Å². The predicted octanol–water partition coefficient (Wildman–Crippen LogP) is 4.47. The van der Waals surface area contributed by atoms with E-state index in [4.69, 9.17) is 0 Å². The fraction of sp³-hybridized carbons (Fsp3) is 0.300. The van der Waals surface area contributed by atoms with Crippen molar-refractivity contribution >= 4 is 29.4 Å². The molecule has 2 amide bonds. The number of carboxylic acids is 1. The van der Waals surface area contributed by atoms with E-state index in [0.717, 1.165) is 21.0 Å². The lowest BCUT2D eigenvalue weighted by Crippen LogP contribution is -2.37. The van der Waals surface area contributed by atoms with Crippen LogP contribution in [0.15, 0.2) is 58.3 Å². The number of hydrogen-bond acceptors (Lipinski definition) is 3. The smallest absolute Gasteiger partial charge is 0.321 e. The average molecular weight is 370 g/mol. The Labute approximate surface area is 157 Å². The number of rotatable bonds is 4. The first-order chi connectivity index (χ1) is 12.4. The minimum absolute atomic E-state index is 0.231. The Morgan fingerprint density at radius 3 is 2.50 bits per heavy atom.